The van der Waals surface area contributed by atoms with E-state index >= 15 is 0 Å². The molecule has 39 heavy (non-hydrogen) atoms. The zero-order valence-electron chi connectivity index (χ0n) is 22.7. The smallest absolute Gasteiger partial charge is 0.272 e. The molecule has 2 aliphatic rings. The first kappa shape index (κ1) is 29.1. The lowest BCUT2D eigenvalue weighted by Gasteiger charge is -2.32. The molecule has 0 bridgehead atoms. The van der Waals surface area contributed by atoms with Crippen molar-refractivity contribution < 1.29 is 14.6 Å². The van der Waals surface area contributed by atoms with E-state index in [1.165, 1.54) is 12.8 Å². The average molecular weight is 554 g/mol. The third-order valence-electron chi connectivity index (χ3n) is 8.16. The number of aliphatic hydroxyl groups is 1. The number of hydrogen-bond acceptors (Lipinski definition) is 7. The van der Waals surface area contributed by atoms with E-state index in [0.29, 0.717) is 39.7 Å². The van der Waals surface area contributed by atoms with E-state index in [4.69, 9.17) is 21.6 Å². The fourth-order valence-corrected chi connectivity index (χ4v) is 6.14. The summed E-state index contributed by atoms with van der Waals surface area (Å²) < 4.78 is 6.04. The second-order valence-corrected chi connectivity index (χ2v) is 11.4. The number of benzene rings is 1. The van der Waals surface area contributed by atoms with Crippen LogP contribution in [0, 0.1) is 23.2 Å². The van der Waals surface area contributed by atoms with Gasteiger partial charge in [-0.15, -0.1) is 10.2 Å². The Morgan fingerprint density at radius 2 is 1.87 bits per heavy atom. The molecule has 0 aliphatic heterocycles. The molecule has 0 radical (unpaired) electrons. The van der Waals surface area contributed by atoms with Crippen LogP contribution in [-0.2, 0) is 0 Å². The van der Waals surface area contributed by atoms with Crippen molar-refractivity contribution in [3.8, 4) is 11.8 Å². The summed E-state index contributed by atoms with van der Waals surface area (Å²) >= 11 is 6.11. The van der Waals surface area contributed by atoms with Gasteiger partial charge >= 0.3 is 0 Å². The van der Waals surface area contributed by atoms with Gasteiger partial charge in [0.25, 0.3) is 5.91 Å². The first-order valence-electron chi connectivity index (χ1n) is 14.4. The Balaban J connectivity index is 1.18. The quantitative estimate of drug-likeness (QED) is 0.317. The number of rotatable bonds is 11. The molecule has 1 heterocycles. The second kappa shape index (κ2) is 14.5. The molecule has 1 aromatic heterocycles. The van der Waals surface area contributed by atoms with Crippen LogP contribution in [0.3, 0.4) is 0 Å². The van der Waals surface area contributed by atoms with Crippen LogP contribution in [-0.4, -0.2) is 46.0 Å². The zero-order chi connectivity index (χ0) is 27.6. The van der Waals surface area contributed by atoms with E-state index in [2.05, 4.69) is 27.8 Å². The Morgan fingerprint density at radius 3 is 2.51 bits per heavy atom. The summed E-state index contributed by atoms with van der Waals surface area (Å²) in [7, 11) is 0. The SMILES string of the molecule is CCCC(CCNc1ccc(C(=O)NC2CCC(Oc3ccc(C#N)c(Cl)c3)CC2)nn1)C1CCC(O)CC1. The predicted molar refractivity (Wildman–Crippen MR) is 152 cm³/mol. The van der Waals surface area contributed by atoms with Crippen molar-refractivity contribution in [2.24, 2.45) is 11.8 Å². The first-order valence-corrected chi connectivity index (χ1v) is 14.8. The lowest BCUT2D eigenvalue weighted by Crippen LogP contribution is -2.40. The molecule has 2 saturated carbocycles. The standard InChI is InChI=1S/C30H40ClN5O3/c1-2-3-20(21-4-9-24(37)10-5-21)16-17-33-29-15-14-28(35-36-29)30(38)34-23-7-12-25(13-8-23)39-26-11-6-22(19-32)27(31)18-26/h6,11,14-15,18,20-21,23-25,37H,2-5,7-10,12-13,16-17H2,1H3,(H,33,36)(H,34,38). The maximum Gasteiger partial charge on any atom is 0.272 e. The van der Waals surface area contributed by atoms with Gasteiger partial charge in [-0.2, -0.15) is 5.26 Å². The normalized spacial score (nSPS) is 23.8. The Bertz CT molecular complexity index is 1110. The number of aromatic nitrogens is 2. The van der Waals surface area contributed by atoms with Gasteiger partial charge in [-0.25, -0.2) is 0 Å². The molecule has 0 spiro atoms. The summed E-state index contributed by atoms with van der Waals surface area (Å²) in [5.41, 5.74) is 0.746. The summed E-state index contributed by atoms with van der Waals surface area (Å²) in [6.07, 6.45) is 10.8. The third kappa shape index (κ3) is 8.55. The van der Waals surface area contributed by atoms with Crippen LogP contribution in [0.2, 0.25) is 5.02 Å². The minimum atomic E-state index is -0.209. The zero-order valence-corrected chi connectivity index (χ0v) is 23.5. The molecular formula is C30H40ClN5O3. The van der Waals surface area contributed by atoms with Crippen LogP contribution in [0.15, 0.2) is 30.3 Å². The van der Waals surface area contributed by atoms with Crippen molar-refractivity contribution in [3.05, 3.63) is 46.6 Å². The van der Waals surface area contributed by atoms with Crippen LogP contribution in [0.1, 0.15) is 93.6 Å². The highest BCUT2D eigenvalue weighted by molar-refractivity contribution is 6.31. The van der Waals surface area contributed by atoms with Crippen molar-refractivity contribution in [1.82, 2.24) is 15.5 Å². The molecule has 2 fully saturated rings. The van der Waals surface area contributed by atoms with E-state index < -0.39 is 0 Å². The number of anilines is 1. The molecule has 1 aromatic carbocycles. The van der Waals surface area contributed by atoms with Gasteiger partial charge in [-0.3, -0.25) is 4.79 Å². The first-order chi connectivity index (χ1) is 18.9. The number of carbonyl (C=O) groups excluding carboxylic acids is 1. The molecule has 8 nitrogen and oxygen atoms in total. The fourth-order valence-electron chi connectivity index (χ4n) is 5.93. The lowest BCUT2D eigenvalue weighted by atomic mass is 9.76. The molecule has 9 heteroatoms. The Labute approximate surface area is 236 Å². The topological polar surface area (TPSA) is 120 Å². The van der Waals surface area contributed by atoms with E-state index in [9.17, 15) is 9.90 Å². The minimum absolute atomic E-state index is 0.0499. The highest BCUT2D eigenvalue weighted by Crippen LogP contribution is 2.34. The van der Waals surface area contributed by atoms with Crippen LogP contribution in [0.4, 0.5) is 5.82 Å². The molecule has 0 saturated heterocycles. The molecule has 1 amide bonds. The van der Waals surface area contributed by atoms with Gasteiger partial charge < -0.3 is 20.5 Å². The number of nitrogens with zero attached hydrogens (tertiary/aromatic N) is 3. The molecule has 210 valence electrons. The maximum atomic E-state index is 12.7. The van der Waals surface area contributed by atoms with Crippen molar-refractivity contribution in [2.75, 3.05) is 11.9 Å². The monoisotopic (exact) mass is 553 g/mol. The molecule has 1 atom stereocenters. The molecule has 1 unspecified atom stereocenters. The van der Waals surface area contributed by atoms with Gasteiger partial charge in [-0.05, 0) is 93.9 Å². The number of carbonyl (C=O) groups is 1. The summed E-state index contributed by atoms with van der Waals surface area (Å²) in [6.45, 7) is 3.06. The van der Waals surface area contributed by atoms with Gasteiger partial charge in [-0.1, -0.05) is 31.4 Å². The van der Waals surface area contributed by atoms with E-state index in [1.54, 1.807) is 24.3 Å². The highest BCUT2D eigenvalue weighted by Gasteiger charge is 2.27. The summed E-state index contributed by atoms with van der Waals surface area (Å²) in [4.78, 5) is 12.7. The van der Waals surface area contributed by atoms with Crippen molar-refractivity contribution in [3.63, 3.8) is 0 Å². The van der Waals surface area contributed by atoms with Crippen LogP contribution >= 0.6 is 11.6 Å². The molecule has 2 aliphatic carbocycles. The molecule has 4 rings (SSSR count). The van der Waals surface area contributed by atoms with Gasteiger partial charge in [0.05, 0.1) is 22.8 Å². The van der Waals surface area contributed by atoms with Crippen molar-refractivity contribution >= 4 is 23.3 Å². The number of nitrogens with one attached hydrogen (secondary N) is 2. The van der Waals surface area contributed by atoms with Gasteiger partial charge in [0.2, 0.25) is 0 Å². The highest BCUT2D eigenvalue weighted by atomic mass is 35.5. The van der Waals surface area contributed by atoms with Gasteiger partial charge in [0.1, 0.15) is 17.6 Å². The third-order valence-corrected chi connectivity index (χ3v) is 8.47. The molecule has 3 N–H and O–H groups in total. The number of halogens is 1. The molecular weight excluding hydrogens is 514 g/mol. The maximum absolute atomic E-state index is 12.7. The summed E-state index contributed by atoms with van der Waals surface area (Å²) in [5, 5.41) is 34.1. The number of ether oxygens (including phenoxy) is 1. The van der Waals surface area contributed by atoms with E-state index in [0.717, 1.165) is 64.3 Å². The van der Waals surface area contributed by atoms with Gasteiger partial charge in [0, 0.05) is 18.7 Å². The number of hydrogen-bond donors (Lipinski definition) is 3. The van der Waals surface area contributed by atoms with Crippen LogP contribution in [0.5, 0.6) is 5.75 Å². The number of amides is 1. The Morgan fingerprint density at radius 1 is 1.10 bits per heavy atom. The average Bonchev–Trinajstić information content (AvgIpc) is 2.94. The second-order valence-electron chi connectivity index (χ2n) is 11.0. The predicted octanol–water partition coefficient (Wildman–Crippen LogP) is 5.89. The number of aliphatic hydroxyl groups excluding tert-OH is 1. The van der Waals surface area contributed by atoms with E-state index in [1.807, 2.05) is 12.1 Å². The summed E-state index contributed by atoms with van der Waals surface area (Å²) in [6, 6.07) is 10.8. The minimum Gasteiger partial charge on any atom is -0.490 e. The van der Waals surface area contributed by atoms with Crippen molar-refractivity contribution in [2.45, 2.75) is 95.8 Å². The summed E-state index contributed by atoms with van der Waals surface area (Å²) in [5.74, 6) is 2.49. The van der Waals surface area contributed by atoms with Gasteiger partial charge in [0.15, 0.2) is 5.69 Å². The van der Waals surface area contributed by atoms with Crippen LogP contribution < -0.4 is 15.4 Å². The Hall–Kier alpha value is -2.89. The largest absolute Gasteiger partial charge is 0.490 e. The fraction of sp³-hybridized carbons (Fsp3) is 0.600. The Kier molecular flexibility index (Phi) is 10.8. The molecule has 2 aromatic rings. The van der Waals surface area contributed by atoms with Crippen molar-refractivity contribution in [1.29, 1.82) is 5.26 Å². The lowest BCUT2D eigenvalue weighted by molar-refractivity contribution is 0.0875. The van der Waals surface area contributed by atoms with E-state index in [-0.39, 0.29) is 24.2 Å². The number of nitriles is 1. The van der Waals surface area contributed by atoms with Crippen LogP contribution in [0.25, 0.3) is 0 Å².